The largest absolute Gasteiger partial charge is 0.393 e. The Kier molecular flexibility index (Phi) is 6.21. The zero-order chi connectivity index (χ0) is 12.0. The van der Waals surface area contributed by atoms with E-state index < -0.39 is 0 Å². The molecule has 1 heterocycles. The molecular weight excluding hydrogens is 222 g/mol. The van der Waals surface area contributed by atoms with E-state index in [1.54, 1.807) is 18.7 Å². The lowest BCUT2D eigenvalue weighted by Gasteiger charge is -2.25. The van der Waals surface area contributed by atoms with Crippen LogP contribution >= 0.6 is 11.8 Å². The molecule has 0 spiro atoms. The van der Waals surface area contributed by atoms with Crippen LogP contribution in [-0.4, -0.2) is 46.6 Å². The van der Waals surface area contributed by atoms with Crippen LogP contribution in [0.2, 0.25) is 0 Å². The second-order valence-corrected chi connectivity index (χ2v) is 5.55. The van der Waals surface area contributed by atoms with Crippen LogP contribution in [0.4, 0.5) is 0 Å². The van der Waals surface area contributed by atoms with E-state index >= 15 is 0 Å². The van der Waals surface area contributed by atoms with E-state index in [0.29, 0.717) is 6.42 Å². The van der Waals surface area contributed by atoms with Gasteiger partial charge >= 0.3 is 0 Å². The molecule has 1 rings (SSSR count). The Morgan fingerprint density at radius 2 is 2.38 bits per heavy atom. The Morgan fingerprint density at radius 1 is 1.62 bits per heavy atom. The summed E-state index contributed by atoms with van der Waals surface area (Å²) < 4.78 is 0. The van der Waals surface area contributed by atoms with Crippen molar-refractivity contribution in [3.63, 3.8) is 0 Å². The second kappa shape index (κ2) is 7.17. The highest BCUT2D eigenvalue weighted by Crippen LogP contribution is 2.22. The number of thioether (sulfide) groups is 1. The first-order valence-corrected chi connectivity index (χ1v) is 7.51. The predicted molar refractivity (Wildman–Crippen MR) is 68.6 cm³/mol. The van der Waals surface area contributed by atoms with Crippen molar-refractivity contribution in [3.05, 3.63) is 0 Å². The summed E-state index contributed by atoms with van der Waals surface area (Å²) in [6.45, 7) is 2.68. The SMILES string of the molecule is CSCCCC(=O)N1CCCC1CC(C)O. The fraction of sp³-hybridized carbons (Fsp3) is 0.917. The van der Waals surface area contributed by atoms with Crippen LogP contribution in [0.1, 0.15) is 39.0 Å². The number of rotatable bonds is 6. The van der Waals surface area contributed by atoms with Crippen LogP contribution in [0.15, 0.2) is 0 Å². The fourth-order valence-electron chi connectivity index (χ4n) is 2.31. The molecule has 16 heavy (non-hydrogen) atoms. The molecule has 1 N–H and O–H groups in total. The maximum Gasteiger partial charge on any atom is 0.222 e. The lowest BCUT2D eigenvalue weighted by atomic mass is 10.1. The third-order valence-corrected chi connectivity index (χ3v) is 3.75. The predicted octanol–water partition coefficient (Wildman–Crippen LogP) is 1.89. The Labute approximate surface area is 103 Å². The first-order valence-electron chi connectivity index (χ1n) is 6.11. The molecule has 3 nitrogen and oxygen atoms in total. The van der Waals surface area contributed by atoms with Crippen molar-refractivity contribution in [2.75, 3.05) is 18.6 Å². The zero-order valence-corrected chi connectivity index (χ0v) is 11.1. The van der Waals surface area contributed by atoms with Crippen LogP contribution in [-0.2, 0) is 4.79 Å². The molecule has 0 bridgehead atoms. The standard InChI is InChI=1S/C12H23NO2S/c1-10(14)9-11-5-3-7-13(11)12(15)6-4-8-16-2/h10-11,14H,3-9H2,1-2H3. The van der Waals surface area contributed by atoms with Crippen LogP contribution < -0.4 is 0 Å². The van der Waals surface area contributed by atoms with Crippen molar-refractivity contribution in [1.29, 1.82) is 0 Å². The van der Waals surface area contributed by atoms with Gasteiger partial charge in [-0.25, -0.2) is 0 Å². The van der Waals surface area contributed by atoms with Crippen molar-refractivity contribution in [3.8, 4) is 0 Å². The van der Waals surface area contributed by atoms with Crippen LogP contribution in [0.3, 0.4) is 0 Å². The summed E-state index contributed by atoms with van der Waals surface area (Å²) in [5, 5.41) is 9.39. The molecular formula is C12H23NO2S. The highest BCUT2D eigenvalue weighted by atomic mass is 32.2. The number of likely N-dealkylation sites (tertiary alicyclic amines) is 1. The maximum absolute atomic E-state index is 11.9. The summed E-state index contributed by atoms with van der Waals surface area (Å²) in [4.78, 5) is 13.9. The topological polar surface area (TPSA) is 40.5 Å². The minimum Gasteiger partial charge on any atom is -0.393 e. The number of nitrogens with zero attached hydrogens (tertiary/aromatic N) is 1. The molecule has 0 aliphatic carbocycles. The summed E-state index contributed by atoms with van der Waals surface area (Å²) in [6, 6.07) is 0.279. The van der Waals surface area contributed by atoms with Crippen molar-refractivity contribution >= 4 is 17.7 Å². The number of hydrogen-bond donors (Lipinski definition) is 1. The van der Waals surface area contributed by atoms with E-state index in [0.717, 1.165) is 38.0 Å². The van der Waals surface area contributed by atoms with Crippen molar-refractivity contribution in [1.82, 2.24) is 4.90 Å². The molecule has 1 saturated heterocycles. The average Bonchev–Trinajstić information content (AvgIpc) is 2.65. The Balaban J connectivity index is 2.35. The van der Waals surface area contributed by atoms with E-state index in [2.05, 4.69) is 6.26 Å². The van der Waals surface area contributed by atoms with Crippen molar-refractivity contribution in [2.24, 2.45) is 0 Å². The van der Waals surface area contributed by atoms with Gasteiger partial charge in [0, 0.05) is 19.0 Å². The molecule has 1 aliphatic heterocycles. The summed E-state index contributed by atoms with van der Waals surface area (Å²) in [6.07, 6.45) is 6.27. The molecule has 0 aromatic carbocycles. The highest BCUT2D eigenvalue weighted by molar-refractivity contribution is 7.98. The average molecular weight is 245 g/mol. The number of hydrogen-bond acceptors (Lipinski definition) is 3. The van der Waals surface area contributed by atoms with E-state index in [1.165, 1.54) is 0 Å². The van der Waals surface area contributed by atoms with E-state index in [-0.39, 0.29) is 18.1 Å². The molecule has 94 valence electrons. The summed E-state index contributed by atoms with van der Waals surface area (Å²) >= 11 is 1.79. The third-order valence-electron chi connectivity index (χ3n) is 3.05. The second-order valence-electron chi connectivity index (χ2n) is 4.56. The normalized spacial score (nSPS) is 22.4. The van der Waals surface area contributed by atoms with E-state index in [1.807, 2.05) is 4.90 Å². The number of carbonyl (C=O) groups is 1. The van der Waals surface area contributed by atoms with Gasteiger partial charge in [0.15, 0.2) is 0 Å². The van der Waals surface area contributed by atoms with Gasteiger partial charge in [-0.15, -0.1) is 0 Å². The molecule has 0 saturated carbocycles. The minimum atomic E-state index is -0.301. The minimum absolute atomic E-state index is 0.275. The first kappa shape index (κ1) is 13.8. The van der Waals surface area contributed by atoms with Gasteiger partial charge in [0.2, 0.25) is 5.91 Å². The van der Waals surface area contributed by atoms with E-state index in [4.69, 9.17) is 0 Å². The summed E-state index contributed by atoms with van der Waals surface area (Å²) in [5.74, 6) is 1.33. The molecule has 0 radical (unpaired) electrons. The molecule has 2 unspecified atom stereocenters. The van der Waals surface area contributed by atoms with Crippen LogP contribution in [0.5, 0.6) is 0 Å². The van der Waals surface area contributed by atoms with Gasteiger partial charge in [-0.05, 0) is 44.6 Å². The van der Waals surface area contributed by atoms with Crippen LogP contribution in [0.25, 0.3) is 0 Å². The number of carbonyl (C=O) groups excluding carboxylic acids is 1. The summed E-state index contributed by atoms with van der Waals surface area (Å²) in [5.41, 5.74) is 0. The number of aliphatic hydroxyl groups excluding tert-OH is 1. The van der Waals surface area contributed by atoms with Gasteiger partial charge in [0.1, 0.15) is 0 Å². The van der Waals surface area contributed by atoms with Crippen LogP contribution in [0, 0.1) is 0 Å². The number of aliphatic hydroxyl groups is 1. The van der Waals surface area contributed by atoms with Crippen molar-refractivity contribution < 1.29 is 9.90 Å². The zero-order valence-electron chi connectivity index (χ0n) is 10.3. The third kappa shape index (κ3) is 4.34. The monoisotopic (exact) mass is 245 g/mol. The smallest absolute Gasteiger partial charge is 0.222 e. The van der Waals surface area contributed by atoms with Gasteiger partial charge in [-0.1, -0.05) is 0 Å². The Bertz CT molecular complexity index is 221. The van der Waals surface area contributed by atoms with E-state index in [9.17, 15) is 9.90 Å². The maximum atomic E-state index is 11.9. The van der Waals surface area contributed by atoms with Gasteiger partial charge in [-0.2, -0.15) is 11.8 Å². The quantitative estimate of drug-likeness (QED) is 0.727. The lowest BCUT2D eigenvalue weighted by Crippen LogP contribution is -2.37. The fourth-order valence-corrected chi connectivity index (χ4v) is 2.75. The molecule has 1 fully saturated rings. The molecule has 1 aliphatic rings. The highest BCUT2D eigenvalue weighted by Gasteiger charge is 2.28. The number of amides is 1. The summed E-state index contributed by atoms with van der Waals surface area (Å²) in [7, 11) is 0. The Hall–Kier alpha value is -0.220. The van der Waals surface area contributed by atoms with Crippen molar-refractivity contribution in [2.45, 2.75) is 51.2 Å². The first-order chi connectivity index (χ1) is 7.65. The lowest BCUT2D eigenvalue weighted by molar-refractivity contribution is -0.132. The van der Waals surface area contributed by atoms with Gasteiger partial charge < -0.3 is 10.0 Å². The molecule has 4 heteroatoms. The molecule has 2 atom stereocenters. The molecule has 0 aromatic heterocycles. The molecule has 1 amide bonds. The molecule has 0 aromatic rings. The van der Waals surface area contributed by atoms with Gasteiger partial charge in [0.25, 0.3) is 0 Å². The van der Waals surface area contributed by atoms with Gasteiger partial charge in [-0.3, -0.25) is 4.79 Å². The Morgan fingerprint density at radius 3 is 3.00 bits per heavy atom. The van der Waals surface area contributed by atoms with Gasteiger partial charge in [0.05, 0.1) is 6.10 Å².